The Morgan fingerprint density at radius 2 is 1.88 bits per heavy atom. The number of ether oxygens (including phenoxy) is 1. The number of halogens is 3. The number of nitrogens with zero attached hydrogens (tertiary/aromatic N) is 1. The molecule has 2 aromatic rings. The van der Waals surface area contributed by atoms with Crippen LogP contribution in [0, 0.1) is 12.8 Å². The van der Waals surface area contributed by atoms with E-state index in [1.807, 2.05) is 0 Å². The molecule has 168 valence electrons. The summed E-state index contributed by atoms with van der Waals surface area (Å²) >= 11 is 12.6. The average Bonchev–Trinajstić information content (AvgIpc) is 3.11. The second kappa shape index (κ2) is 10.5. The minimum Gasteiger partial charge on any atom is -0.455 e. The van der Waals surface area contributed by atoms with Gasteiger partial charge in [0.1, 0.15) is 0 Å². The third-order valence-corrected chi connectivity index (χ3v) is 6.41. The highest BCUT2D eigenvalue weighted by molar-refractivity contribution is 9.10. The van der Waals surface area contributed by atoms with Gasteiger partial charge in [0.15, 0.2) is 6.61 Å². The predicted molar refractivity (Wildman–Crippen MR) is 125 cm³/mol. The topological polar surface area (TPSA) is 105 Å². The fraction of sp³-hybridized carbons (Fsp3) is 0.238. The summed E-state index contributed by atoms with van der Waals surface area (Å²) < 4.78 is 6.58. The van der Waals surface area contributed by atoms with Gasteiger partial charge in [-0.3, -0.25) is 29.6 Å². The molecule has 1 heterocycles. The molecule has 0 saturated carbocycles. The number of hydrogen-bond donors (Lipinski definition) is 2. The van der Waals surface area contributed by atoms with E-state index in [2.05, 4.69) is 42.6 Å². The van der Waals surface area contributed by atoms with E-state index in [1.165, 1.54) is 0 Å². The maximum Gasteiger partial charge on any atom is 0.311 e. The highest BCUT2D eigenvalue weighted by Crippen LogP contribution is 2.29. The molecule has 0 radical (unpaired) electrons. The molecular weight excluding hydrogens is 570 g/mol. The fourth-order valence-corrected chi connectivity index (χ4v) is 3.87. The summed E-state index contributed by atoms with van der Waals surface area (Å²) in [4.78, 5) is 49.0. The van der Waals surface area contributed by atoms with Crippen LogP contribution in [0.4, 0.5) is 5.69 Å². The molecule has 1 atom stereocenters. The van der Waals surface area contributed by atoms with E-state index >= 15 is 0 Å². The van der Waals surface area contributed by atoms with Crippen LogP contribution in [-0.4, -0.2) is 41.9 Å². The molecule has 0 bridgehead atoms. The molecule has 1 fully saturated rings. The van der Waals surface area contributed by atoms with Crippen molar-refractivity contribution in [3.63, 3.8) is 0 Å². The highest BCUT2D eigenvalue weighted by Gasteiger charge is 2.36. The van der Waals surface area contributed by atoms with Crippen LogP contribution in [0.15, 0.2) is 45.3 Å². The van der Waals surface area contributed by atoms with Gasteiger partial charge in [0.25, 0.3) is 11.8 Å². The normalized spacial score (nSPS) is 15.4. The summed E-state index contributed by atoms with van der Waals surface area (Å²) in [5.41, 5.74) is 4.13. The lowest BCUT2D eigenvalue weighted by Gasteiger charge is -2.17. The molecule has 1 aliphatic heterocycles. The van der Waals surface area contributed by atoms with Crippen molar-refractivity contribution in [1.29, 1.82) is 0 Å². The summed E-state index contributed by atoms with van der Waals surface area (Å²) in [6.45, 7) is 1.24. The fourth-order valence-electron chi connectivity index (χ4n) is 2.98. The number of rotatable bonds is 6. The number of hydrazine groups is 1. The molecule has 0 unspecified atom stereocenters. The van der Waals surface area contributed by atoms with Gasteiger partial charge < -0.3 is 10.1 Å². The van der Waals surface area contributed by atoms with Gasteiger partial charge in [-0.1, -0.05) is 27.5 Å². The molecule has 3 amide bonds. The van der Waals surface area contributed by atoms with Gasteiger partial charge in [-0.15, -0.1) is 0 Å². The van der Waals surface area contributed by atoms with Gasteiger partial charge >= 0.3 is 5.97 Å². The van der Waals surface area contributed by atoms with Crippen molar-refractivity contribution in [2.45, 2.75) is 13.3 Å². The lowest BCUT2D eigenvalue weighted by atomic mass is 10.1. The molecule has 0 spiro atoms. The van der Waals surface area contributed by atoms with Gasteiger partial charge in [-0.25, -0.2) is 0 Å². The van der Waals surface area contributed by atoms with E-state index in [9.17, 15) is 19.2 Å². The summed E-state index contributed by atoms with van der Waals surface area (Å²) in [5, 5.41) is 4.15. The monoisotopic (exact) mass is 585 g/mol. The van der Waals surface area contributed by atoms with Crippen molar-refractivity contribution >= 4 is 72.8 Å². The molecule has 32 heavy (non-hydrogen) atoms. The second-order valence-corrected chi connectivity index (χ2v) is 9.27. The SMILES string of the molecule is Cc1cc(Br)c(Cl)cc1NC(=O)COC(=O)[C@@H]1CC(=O)N(NC(=O)c2ccc(Br)cc2)C1. The van der Waals surface area contributed by atoms with E-state index in [1.54, 1.807) is 43.3 Å². The van der Waals surface area contributed by atoms with Crippen LogP contribution in [0.5, 0.6) is 0 Å². The molecule has 1 aliphatic rings. The first-order valence-corrected chi connectivity index (χ1v) is 11.4. The smallest absolute Gasteiger partial charge is 0.311 e. The number of carbonyl (C=O) groups excluding carboxylic acids is 4. The van der Waals surface area contributed by atoms with Crippen molar-refractivity contribution in [3.05, 3.63) is 61.5 Å². The minimum absolute atomic E-state index is 0.0387. The molecule has 0 aliphatic carbocycles. The van der Waals surface area contributed by atoms with E-state index in [0.29, 0.717) is 20.7 Å². The predicted octanol–water partition coefficient (Wildman–Crippen LogP) is 3.85. The van der Waals surface area contributed by atoms with Crippen LogP contribution < -0.4 is 10.7 Å². The first kappa shape index (κ1) is 24.2. The Balaban J connectivity index is 1.50. The number of anilines is 1. The molecule has 3 rings (SSSR count). The Labute approximate surface area is 205 Å². The van der Waals surface area contributed by atoms with Crippen molar-refractivity contribution in [2.75, 3.05) is 18.5 Å². The number of esters is 1. The Morgan fingerprint density at radius 1 is 1.19 bits per heavy atom. The number of amides is 3. The van der Waals surface area contributed by atoms with Gasteiger partial charge in [0.05, 0.1) is 17.5 Å². The number of nitrogens with one attached hydrogen (secondary N) is 2. The Morgan fingerprint density at radius 3 is 2.56 bits per heavy atom. The number of hydrogen-bond acceptors (Lipinski definition) is 5. The second-order valence-electron chi connectivity index (χ2n) is 7.09. The van der Waals surface area contributed by atoms with Gasteiger partial charge in [-0.2, -0.15) is 0 Å². The van der Waals surface area contributed by atoms with Gasteiger partial charge in [-0.05, 0) is 64.8 Å². The Kier molecular flexibility index (Phi) is 7.91. The van der Waals surface area contributed by atoms with Crippen LogP contribution in [-0.2, 0) is 19.1 Å². The van der Waals surface area contributed by atoms with E-state index in [-0.39, 0.29) is 13.0 Å². The summed E-state index contributed by atoms with van der Waals surface area (Å²) in [6, 6.07) is 9.95. The summed E-state index contributed by atoms with van der Waals surface area (Å²) in [5.74, 6) is -2.90. The van der Waals surface area contributed by atoms with Crippen molar-refractivity contribution in [1.82, 2.24) is 10.4 Å². The number of benzene rings is 2. The zero-order valence-corrected chi connectivity index (χ0v) is 20.7. The van der Waals surface area contributed by atoms with Crippen LogP contribution in [0.25, 0.3) is 0 Å². The zero-order valence-electron chi connectivity index (χ0n) is 16.8. The van der Waals surface area contributed by atoms with E-state index in [4.69, 9.17) is 16.3 Å². The standard InChI is InChI=1S/C21H18Br2ClN3O5/c1-11-6-15(23)16(24)8-17(11)25-18(28)10-32-21(31)13-7-19(29)27(9-13)26-20(30)12-2-4-14(22)5-3-12/h2-6,8,13H,7,9-10H2,1H3,(H,25,28)(H,26,30)/t13-/m1/s1. The maximum absolute atomic E-state index is 12.3. The largest absolute Gasteiger partial charge is 0.455 e. The van der Waals surface area contributed by atoms with E-state index in [0.717, 1.165) is 15.0 Å². The lowest BCUT2D eigenvalue weighted by molar-refractivity contribution is -0.151. The van der Waals surface area contributed by atoms with Crippen molar-refractivity contribution in [3.8, 4) is 0 Å². The Hall–Kier alpha value is -2.43. The third-order valence-electron chi connectivity index (χ3n) is 4.69. The molecule has 0 aromatic heterocycles. The lowest BCUT2D eigenvalue weighted by Crippen LogP contribution is -2.43. The van der Waals surface area contributed by atoms with Gasteiger partial charge in [0, 0.05) is 26.6 Å². The van der Waals surface area contributed by atoms with Crippen LogP contribution in [0.1, 0.15) is 22.3 Å². The quantitative estimate of drug-likeness (QED) is 0.500. The summed E-state index contributed by atoms with van der Waals surface area (Å²) in [6.07, 6.45) is -0.123. The number of aryl methyl sites for hydroxylation is 1. The van der Waals surface area contributed by atoms with E-state index < -0.39 is 36.2 Å². The molecule has 1 saturated heterocycles. The van der Waals surface area contributed by atoms with Gasteiger partial charge in [0.2, 0.25) is 5.91 Å². The van der Waals surface area contributed by atoms with Crippen molar-refractivity contribution in [2.24, 2.45) is 5.92 Å². The maximum atomic E-state index is 12.3. The zero-order chi connectivity index (χ0) is 23.4. The number of carbonyl (C=O) groups is 4. The molecule has 8 nitrogen and oxygen atoms in total. The first-order chi connectivity index (χ1) is 15.1. The minimum atomic E-state index is -0.788. The van der Waals surface area contributed by atoms with Crippen LogP contribution in [0.3, 0.4) is 0 Å². The molecule has 2 aromatic carbocycles. The van der Waals surface area contributed by atoms with Crippen LogP contribution >= 0.6 is 43.5 Å². The first-order valence-electron chi connectivity index (χ1n) is 9.43. The Bertz CT molecular complexity index is 1080. The summed E-state index contributed by atoms with van der Waals surface area (Å²) in [7, 11) is 0. The molecular formula is C21H18Br2ClN3O5. The average molecular weight is 588 g/mol. The molecule has 2 N–H and O–H groups in total. The molecule has 11 heteroatoms. The third kappa shape index (κ3) is 6.08. The highest BCUT2D eigenvalue weighted by atomic mass is 79.9. The van der Waals surface area contributed by atoms with Crippen LogP contribution in [0.2, 0.25) is 5.02 Å². The van der Waals surface area contributed by atoms with Crippen molar-refractivity contribution < 1.29 is 23.9 Å².